The van der Waals surface area contributed by atoms with Gasteiger partial charge in [0.2, 0.25) is 22.1 Å². The Labute approximate surface area is 226 Å². The van der Waals surface area contributed by atoms with Crippen LogP contribution in [-0.2, 0) is 22.4 Å². The molecule has 0 saturated carbocycles. The highest BCUT2D eigenvalue weighted by atomic mass is 32.1. The zero-order chi connectivity index (χ0) is 23.8. The van der Waals surface area contributed by atoms with Gasteiger partial charge in [0.25, 0.3) is 0 Å². The standard InChI is InChI=1S/C21H28N8O2S2.2H2S/c1-12(2)16(22)18(30)24-20-28-26-14(32-20)10-6-7-11-15-27-29-21(33-15)25-19(31)17(23)13-8-4-3-5-9-13;;/h3-5,8-9,12,16-17H,6-7,10-11,22-23H2,1-2H3,(H,24,28,30)(H,25,29,31);2*1H2/t16-,17-;;/m0../s1. The van der Waals surface area contributed by atoms with Crippen LogP contribution in [0.4, 0.5) is 10.3 Å². The molecule has 0 aliphatic rings. The highest BCUT2D eigenvalue weighted by Crippen LogP contribution is 2.21. The van der Waals surface area contributed by atoms with Gasteiger partial charge in [-0.25, -0.2) is 0 Å². The summed E-state index contributed by atoms with van der Waals surface area (Å²) in [5.74, 6) is -0.527. The number of nitrogens with zero attached hydrogens (tertiary/aromatic N) is 4. The molecule has 0 fully saturated rings. The molecule has 2 heterocycles. The molecule has 1 aromatic carbocycles. The molecule has 0 aliphatic carbocycles. The van der Waals surface area contributed by atoms with Gasteiger partial charge < -0.3 is 11.5 Å². The maximum absolute atomic E-state index is 12.3. The lowest BCUT2D eigenvalue weighted by Gasteiger charge is -2.13. The van der Waals surface area contributed by atoms with Crippen molar-refractivity contribution in [1.29, 1.82) is 0 Å². The van der Waals surface area contributed by atoms with Gasteiger partial charge in [0, 0.05) is 12.8 Å². The molecule has 10 nitrogen and oxygen atoms in total. The number of carbonyl (C=O) groups excluding carboxylic acids is 2. The lowest BCUT2D eigenvalue weighted by atomic mass is 10.1. The fraction of sp³-hybridized carbons (Fsp3) is 0.429. The molecule has 192 valence electrons. The topological polar surface area (TPSA) is 162 Å². The molecule has 2 amide bonds. The van der Waals surface area contributed by atoms with Gasteiger partial charge in [0.1, 0.15) is 16.1 Å². The van der Waals surface area contributed by atoms with Crippen LogP contribution in [0.5, 0.6) is 0 Å². The monoisotopic (exact) mass is 556 g/mol. The van der Waals surface area contributed by atoms with Crippen molar-refractivity contribution in [1.82, 2.24) is 20.4 Å². The molecule has 0 radical (unpaired) electrons. The van der Waals surface area contributed by atoms with Crippen LogP contribution in [-0.4, -0.2) is 38.3 Å². The van der Waals surface area contributed by atoms with Crippen LogP contribution < -0.4 is 22.1 Å². The Kier molecular flexibility index (Phi) is 13.4. The number of anilines is 2. The first-order valence-electron chi connectivity index (χ1n) is 10.7. The van der Waals surface area contributed by atoms with E-state index < -0.39 is 12.1 Å². The van der Waals surface area contributed by atoms with E-state index in [1.54, 1.807) is 0 Å². The molecular formula is C21H32N8O2S4. The van der Waals surface area contributed by atoms with Crippen LogP contribution in [0.25, 0.3) is 0 Å². The first-order chi connectivity index (χ1) is 15.8. The van der Waals surface area contributed by atoms with Gasteiger partial charge in [0.15, 0.2) is 0 Å². The molecule has 6 N–H and O–H groups in total. The van der Waals surface area contributed by atoms with Gasteiger partial charge in [-0.05, 0) is 24.3 Å². The van der Waals surface area contributed by atoms with Crippen LogP contribution in [0.1, 0.15) is 48.3 Å². The summed E-state index contributed by atoms with van der Waals surface area (Å²) in [5.41, 5.74) is 12.6. The normalized spacial score (nSPS) is 12.3. The maximum Gasteiger partial charge on any atom is 0.247 e. The number of nitrogens with one attached hydrogen (secondary N) is 2. The Balaban J connectivity index is 0.00000306. The SMILES string of the molecule is CC(C)[C@H](N)C(=O)Nc1nnc(CCCCc2nnc(NC(=O)[C@@H](N)c3ccccc3)s2)s1.S.S. The number of nitrogens with two attached hydrogens (primary N) is 2. The van der Waals surface area contributed by atoms with E-state index in [1.807, 2.05) is 44.2 Å². The minimum Gasteiger partial charge on any atom is -0.320 e. The first kappa shape index (κ1) is 30.9. The highest BCUT2D eigenvalue weighted by molar-refractivity contribution is 7.59. The number of rotatable bonds is 11. The second-order valence-corrected chi connectivity index (χ2v) is 9.97. The van der Waals surface area contributed by atoms with E-state index in [1.165, 1.54) is 22.7 Å². The number of aromatic nitrogens is 4. The molecule has 2 atom stereocenters. The minimum absolute atomic E-state index is 0. The summed E-state index contributed by atoms with van der Waals surface area (Å²) in [6, 6.07) is 7.83. The summed E-state index contributed by atoms with van der Waals surface area (Å²) >= 11 is 2.70. The van der Waals surface area contributed by atoms with Crippen LogP contribution in [0, 0.1) is 5.92 Å². The van der Waals surface area contributed by atoms with Crippen molar-refractivity contribution in [3.63, 3.8) is 0 Å². The highest BCUT2D eigenvalue weighted by Gasteiger charge is 2.19. The van der Waals surface area contributed by atoms with Gasteiger partial charge in [-0.15, -0.1) is 20.4 Å². The average molecular weight is 557 g/mol. The molecule has 3 aromatic rings. The number of hydrogen-bond acceptors (Lipinski definition) is 10. The number of amides is 2. The number of benzene rings is 1. The molecule has 2 aromatic heterocycles. The number of aryl methyl sites for hydroxylation is 2. The van der Waals surface area contributed by atoms with Crippen LogP contribution >= 0.6 is 49.7 Å². The van der Waals surface area contributed by atoms with Gasteiger partial charge in [0.05, 0.1) is 6.04 Å². The van der Waals surface area contributed by atoms with Gasteiger partial charge in [-0.1, -0.05) is 66.9 Å². The largest absolute Gasteiger partial charge is 0.320 e. The van der Waals surface area contributed by atoms with Crippen molar-refractivity contribution < 1.29 is 9.59 Å². The van der Waals surface area contributed by atoms with E-state index in [2.05, 4.69) is 31.0 Å². The Morgan fingerprint density at radius 1 is 0.829 bits per heavy atom. The van der Waals surface area contributed by atoms with Crippen molar-refractivity contribution in [3.8, 4) is 0 Å². The second kappa shape index (κ2) is 15.1. The summed E-state index contributed by atoms with van der Waals surface area (Å²) in [6.45, 7) is 3.79. The van der Waals surface area contributed by atoms with E-state index in [9.17, 15) is 9.59 Å². The van der Waals surface area contributed by atoms with E-state index in [0.29, 0.717) is 10.3 Å². The third kappa shape index (κ3) is 9.46. The number of unbranched alkanes of at least 4 members (excludes halogenated alkanes) is 1. The predicted octanol–water partition coefficient (Wildman–Crippen LogP) is 2.74. The van der Waals surface area contributed by atoms with Gasteiger partial charge in [-0.2, -0.15) is 27.0 Å². The third-order valence-corrected chi connectivity index (χ3v) is 6.68. The van der Waals surface area contributed by atoms with Crippen LogP contribution in [0.15, 0.2) is 30.3 Å². The quantitative estimate of drug-likeness (QED) is 0.262. The van der Waals surface area contributed by atoms with Gasteiger partial charge in [-0.3, -0.25) is 20.2 Å². The van der Waals surface area contributed by atoms with Crippen molar-refractivity contribution in [3.05, 3.63) is 45.9 Å². The number of hydrogen-bond donors (Lipinski definition) is 4. The summed E-state index contributed by atoms with van der Waals surface area (Å²) in [5, 5.41) is 24.4. The van der Waals surface area contributed by atoms with E-state index >= 15 is 0 Å². The van der Waals surface area contributed by atoms with Crippen molar-refractivity contribution in [2.24, 2.45) is 17.4 Å². The summed E-state index contributed by atoms with van der Waals surface area (Å²) in [4.78, 5) is 24.4. The fourth-order valence-electron chi connectivity index (χ4n) is 2.85. The van der Waals surface area contributed by atoms with Crippen molar-refractivity contribution >= 4 is 71.7 Å². The maximum atomic E-state index is 12.3. The Morgan fingerprint density at radius 2 is 1.31 bits per heavy atom. The fourth-order valence-corrected chi connectivity index (χ4v) is 4.42. The van der Waals surface area contributed by atoms with E-state index in [0.717, 1.165) is 41.3 Å². The Morgan fingerprint density at radius 3 is 1.80 bits per heavy atom. The van der Waals surface area contributed by atoms with Crippen LogP contribution in [0.2, 0.25) is 0 Å². The van der Waals surface area contributed by atoms with Crippen molar-refractivity contribution in [2.45, 2.75) is 51.6 Å². The van der Waals surface area contributed by atoms with E-state index in [4.69, 9.17) is 11.5 Å². The number of carbonyl (C=O) groups is 2. The second-order valence-electron chi connectivity index (χ2n) is 7.85. The molecule has 0 spiro atoms. The molecule has 35 heavy (non-hydrogen) atoms. The lowest BCUT2D eigenvalue weighted by molar-refractivity contribution is -0.118. The van der Waals surface area contributed by atoms with Crippen LogP contribution in [0.3, 0.4) is 0 Å². The first-order valence-corrected chi connectivity index (χ1v) is 12.3. The van der Waals surface area contributed by atoms with Crippen molar-refractivity contribution in [2.75, 3.05) is 10.6 Å². The molecule has 3 rings (SSSR count). The lowest BCUT2D eigenvalue weighted by Crippen LogP contribution is -2.39. The molecular weight excluding hydrogens is 525 g/mol. The third-order valence-electron chi connectivity index (χ3n) is 4.89. The Bertz CT molecular complexity index is 1060. The minimum atomic E-state index is -0.763. The van der Waals surface area contributed by atoms with E-state index in [-0.39, 0.29) is 44.7 Å². The van der Waals surface area contributed by atoms with Gasteiger partial charge >= 0.3 is 0 Å². The zero-order valence-corrected chi connectivity index (χ0v) is 23.2. The molecule has 0 saturated heterocycles. The molecule has 0 unspecified atom stereocenters. The average Bonchev–Trinajstić information content (AvgIpc) is 3.45. The predicted molar refractivity (Wildman–Crippen MR) is 151 cm³/mol. The smallest absolute Gasteiger partial charge is 0.247 e. The molecule has 0 bridgehead atoms. The zero-order valence-electron chi connectivity index (χ0n) is 19.5. The summed E-state index contributed by atoms with van der Waals surface area (Å²) in [6.07, 6.45) is 3.25. The summed E-state index contributed by atoms with van der Waals surface area (Å²) < 4.78 is 0. The molecule has 14 heteroatoms. The molecule has 0 aliphatic heterocycles. The summed E-state index contributed by atoms with van der Waals surface area (Å²) in [7, 11) is 0. The Hall–Kier alpha value is -2.10.